The molecule has 0 aliphatic rings. The highest BCUT2D eigenvalue weighted by atomic mass is 32.1. The molecule has 2 heterocycles. The number of hydrogen-bond donors (Lipinski definition) is 2. The molecule has 2 N–H and O–H groups in total. The number of nitrogens with one attached hydrogen (secondary N) is 1. The van der Waals surface area contributed by atoms with E-state index in [2.05, 4.69) is 10.3 Å². The Morgan fingerprint density at radius 3 is 2.83 bits per heavy atom. The zero-order valence-electron chi connectivity index (χ0n) is 8.88. The lowest BCUT2D eigenvalue weighted by Crippen LogP contribution is -2.13. The van der Waals surface area contributed by atoms with E-state index in [0.717, 1.165) is 23.6 Å². The fraction of sp³-hybridized carbons (Fsp3) is 0. The van der Waals surface area contributed by atoms with Gasteiger partial charge < -0.3 is 10.4 Å². The molecule has 2 aromatic rings. The lowest BCUT2D eigenvalue weighted by molar-refractivity contribution is 0.0698. The van der Waals surface area contributed by atoms with E-state index < -0.39 is 17.8 Å². The Balaban J connectivity index is 2.21. The molecule has 0 atom stereocenters. The fourth-order valence-corrected chi connectivity index (χ4v) is 2.07. The summed E-state index contributed by atoms with van der Waals surface area (Å²) in [6, 6.07) is 3.70. The number of hydrogen-bond acceptors (Lipinski definition) is 4. The number of carboxylic acids is 1. The molecule has 0 saturated carbocycles. The molecule has 0 aromatic carbocycles. The maximum absolute atomic E-state index is 12.8. The van der Waals surface area contributed by atoms with Gasteiger partial charge in [0.15, 0.2) is 0 Å². The van der Waals surface area contributed by atoms with Crippen molar-refractivity contribution in [1.29, 1.82) is 0 Å². The third-order valence-electron chi connectivity index (χ3n) is 2.11. The van der Waals surface area contributed by atoms with Crippen LogP contribution in [0.1, 0.15) is 20.7 Å². The molecule has 2 rings (SSSR count). The summed E-state index contributed by atoms with van der Waals surface area (Å²) in [5.41, 5.74) is 0.0788. The van der Waals surface area contributed by atoms with E-state index in [-0.39, 0.29) is 16.1 Å². The first-order valence-corrected chi connectivity index (χ1v) is 5.69. The smallest absolute Gasteiger partial charge is 0.338 e. The van der Waals surface area contributed by atoms with Gasteiger partial charge in [-0.25, -0.2) is 9.78 Å². The number of pyridine rings is 1. The second-order valence-corrected chi connectivity index (χ2v) is 4.21. The number of aromatic nitrogens is 1. The van der Waals surface area contributed by atoms with Crippen LogP contribution < -0.4 is 5.32 Å². The van der Waals surface area contributed by atoms with E-state index in [9.17, 15) is 14.0 Å². The van der Waals surface area contributed by atoms with E-state index >= 15 is 0 Å². The van der Waals surface area contributed by atoms with Gasteiger partial charge in [0.25, 0.3) is 5.91 Å². The van der Waals surface area contributed by atoms with Gasteiger partial charge >= 0.3 is 5.97 Å². The van der Waals surface area contributed by atoms with Crippen LogP contribution in [0.15, 0.2) is 29.8 Å². The summed E-state index contributed by atoms with van der Waals surface area (Å²) in [4.78, 5) is 25.9. The van der Waals surface area contributed by atoms with Gasteiger partial charge in [-0.1, -0.05) is 0 Å². The SMILES string of the molecule is O=C(Nc1sccc1C(=O)O)c1ccnc(F)c1. The molecule has 18 heavy (non-hydrogen) atoms. The van der Waals surface area contributed by atoms with Gasteiger partial charge in [0, 0.05) is 17.8 Å². The molecule has 0 radical (unpaired) electrons. The van der Waals surface area contributed by atoms with Gasteiger partial charge in [-0.15, -0.1) is 11.3 Å². The second-order valence-electron chi connectivity index (χ2n) is 3.29. The Kier molecular flexibility index (Phi) is 3.33. The largest absolute Gasteiger partial charge is 0.478 e. The first-order valence-electron chi connectivity index (χ1n) is 4.81. The molecule has 0 saturated heterocycles. The molecule has 7 heteroatoms. The maximum Gasteiger partial charge on any atom is 0.338 e. The van der Waals surface area contributed by atoms with Gasteiger partial charge in [-0.3, -0.25) is 4.79 Å². The number of aromatic carboxylic acids is 1. The van der Waals surface area contributed by atoms with Crippen LogP contribution in [0, 0.1) is 5.95 Å². The van der Waals surface area contributed by atoms with E-state index in [4.69, 9.17) is 5.11 Å². The molecule has 0 fully saturated rings. The predicted octanol–water partition coefficient (Wildman–Crippen LogP) is 2.23. The van der Waals surface area contributed by atoms with Gasteiger partial charge in [0.05, 0.1) is 5.56 Å². The Hall–Kier alpha value is -2.28. The van der Waals surface area contributed by atoms with Gasteiger partial charge in [-0.05, 0) is 17.5 Å². The Labute approximate surface area is 105 Å². The van der Waals surface area contributed by atoms with Crippen LogP contribution in [-0.2, 0) is 0 Å². The molecule has 0 unspecified atom stereocenters. The summed E-state index contributed by atoms with van der Waals surface area (Å²) in [5, 5.41) is 13.0. The number of rotatable bonds is 3. The molecule has 2 aromatic heterocycles. The average molecular weight is 266 g/mol. The third-order valence-corrected chi connectivity index (χ3v) is 2.94. The van der Waals surface area contributed by atoms with Crippen molar-refractivity contribution >= 4 is 28.2 Å². The number of carboxylic acid groups (broad SMARTS) is 1. The number of carbonyl (C=O) groups is 2. The molecule has 1 amide bonds. The van der Waals surface area contributed by atoms with Crippen LogP contribution in [0.3, 0.4) is 0 Å². The molecule has 0 bridgehead atoms. The van der Waals surface area contributed by atoms with Gasteiger partial charge in [-0.2, -0.15) is 4.39 Å². The van der Waals surface area contributed by atoms with Crippen molar-refractivity contribution in [1.82, 2.24) is 4.98 Å². The van der Waals surface area contributed by atoms with Gasteiger partial charge in [0.1, 0.15) is 5.00 Å². The monoisotopic (exact) mass is 266 g/mol. The van der Waals surface area contributed by atoms with Crippen molar-refractivity contribution in [3.63, 3.8) is 0 Å². The highest BCUT2D eigenvalue weighted by molar-refractivity contribution is 7.14. The third kappa shape index (κ3) is 2.51. The minimum atomic E-state index is -1.13. The lowest BCUT2D eigenvalue weighted by Gasteiger charge is -2.03. The van der Waals surface area contributed by atoms with Crippen molar-refractivity contribution in [3.05, 3.63) is 46.9 Å². The number of anilines is 1. The van der Waals surface area contributed by atoms with Crippen molar-refractivity contribution in [2.75, 3.05) is 5.32 Å². The predicted molar refractivity (Wildman–Crippen MR) is 63.4 cm³/mol. The van der Waals surface area contributed by atoms with Crippen LogP contribution in [0.2, 0.25) is 0 Å². The Morgan fingerprint density at radius 2 is 2.17 bits per heavy atom. The van der Waals surface area contributed by atoms with Crippen molar-refractivity contribution in [2.24, 2.45) is 0 Å². The second kappa shape index (κ2) is 4.92. The van der Waals surface area contributed by atoms with E-state index in [1.54, 1.807) is 5.38 Å². The Morgan fingerprint density at radius 1 is 1.39 bits per heavy atom. The summed E-state index contributed by atoms with van der Waals surface area (Å²) in [6.45, 7) is 0. The van der Waals surface area contributed by atoms with Crippen LogP contribution in [0.25, 0.3) is 0 Å². The topological polar surface area (TPSA) is 79.3 Å². The zero-order chi connectivity index (χ0) is 13.1. The summed E-state index contributed by atoms with van der Waals surface area (Å²) in [5.74, 6) is -2.49. The van der Waals surface area contributed by atoms with Crippen molar-refractivity contribution in [3.8, 4) is 0 Å². The average Bonchev–Trinajstić information content (AvgIpc) is 2.77. The van der Waals surface area contributed by atoms with Crippen molar-refractivity contribution < 1.29 is 19.1 Å². The van der Waals surface area contributed by atoms with Crippen LogP contribution in [-0.4, -0.2) is 22.0 Å². The Bertz CT molecular complexity index is 612. The van der Waals surface area contributed by atoms with Crippen LogP contribution >= 0.6 is 11.3 Å². The molecule has 92 valence electrons. The van der Waals surface area contributed by atoms with E-state index in [1.165, 1.54) is 12.1 Å². The molecule has 0 aliphatic heterocycles. The normalized spacial score (nSPS) is 10.1. The maximum atomic E-state index is 12.8. The quantitative estimate of drug-likeness (QED) is 0.835. The molecular weight excluding hydrogens is 259 g/mol. The first-order chi connectivity index (χ1) is 8.58. The highest BCUT2D eigenvalue weighted by Crippen LogP contribution is 2.23. The van der Waals surface area contributed by atoms with Crippen LogP contribution in [0.5, 0.6) is 0 Å². The van der Waals surface area contributed by atoms with Crippen LogP contribution in [0.4, 0.5) is 9.39 Å². The lowest BCUT2D eigenvalue weighted by atomic mass is 10.2. The number of thiophene rings is 1. The minimum absolute atomic E-state index is 0.00266. The molecule has 0 aliphatic carbocycles. The summed E-state index contributed by atoms with van der Waals surface area (Å²) < 4.78 is 12.8. The highest BCUT2D eigenvalue weighted by Gasteiger charge is 2.15. The molecule has 0 spiro atoms. The molecule has 5 nitrogen and oxygen atoms in total. The van der Waals surface area contributed by atoms with Crippen molar-refractivity contribution in [2.45, 2.75) is 0 Å². The number of amides is 1. The minimum Gasteiger partial charge on any atom is -0.478 e. The number of carbonyl (C=O) groups excluding carboxylic acids is 1. The number of halogens is 1. The van der Waals surface area contributed by atoms with Gasteiger partial charge in [0.2, 0.25) is 5.95 Å². The number of nitrogens with zero attached hydrogens (tertiary/aromatic N) is 1. The molecular formula is C11H7FN2O3S. The summed E-state index contributed by atoms with van der Waals surface area (Å²) in [6.07, 6.45) is 1.16. The fourth-order valence-electron chi connectivity index (χ4n) is 1.29. The summed E-state index contributed by atoms with van der Waals surface area (Å²) >= 11 is 1.08. The zero-order valence-corrected chi connectivity index (χ0v) is 9.70. The van der Waals surface area contributed by atoms with E-state index in [1.807, 2.05) is 0 Å². The summed E-state index contributed by atoms with van der Waals surface area (Å²) in [7, 11) is 0. The standard InChI is InChI=1S/C11H7FN2O3S/c12-8-5-6(1-3-13-8)9(15)14-10-7(11(16)17)2-4-18-10/h1-5H,(H,14,15)(H,16,17). The first kappa shape index (κ1) is 12.2. The van der Waals surface area contributed by atoms with E-state index in [0.29, 0.717) is 0 Å².